The van der Waals surface area contributed by atoms with Gasteiger partial charge in [-0.2, -0.15) is 5.06 Å². The van der Waals surface area contributed by atoms with Crippen LogP contribution in [0.15, 0.2) is 24.3 Å². The second-order valence-corrected chi connectivity index (χ2v) is 6.26. The van der Waals surface area contributed by atoms with Gasteiger partial charge < -0.3 is 14.7 Å². The van der Waals surface area contributed by atoms with Gasteiger partial charge in [0.2, 0.25) is 0 Å². The summed E-state index contributed by atoms with van der Waals surface area (Å²) < 4.78 is 5.22. The van der Waals surface area contributed by atoms with E-state index in [1.807, 2.05) is 24.3 Å². The molecule has 0 saturated carbocycles. The molecule has 0 unspecified atom stereocenters. The van der Waals surface area contributed by atoms with Crippen molar-refractivity contribution < 1.29 is 19.5 Å². The highest BCUT2D eigenvalue weighted by molar-refractivity contribution is 5.86. The third kappa shape index (κ3) is 3.65. The van der Waals surface area contributed by atoms with Gasteiger partial charge in [0.15, 0.2) is 5.60 Å². The number of aliphatic hydroxyl groups is 1. The zero-order valence-electron chi connectivity index (χ0n) is 13.5. The minimum atomic E-state index is -1.35. The van der Waals surface area contributed by atoms with Crippen molar-refractivity contribution in [2.24, 2.45) is 0 Å². The minimum absolute atomic E-state index is 0.206. The fraction of sp³-hybridized carbons (Fsp3) is 0.588. The van der Waals surface area contributed by atoms with Crippen molar-refractivity contribution in [1.29, 1.82) is 0 Å². The molecule has 0 spiro atoms. The number of amides is 1. The summed E-state index contributed by atoms with van der Waals surface area (Å²) in [6, 6.07) is 7.67. The third-order valence-electron chi connectivity index (χ3n) is 4.47. The van der Waals surface area contributed by atoms with Gasteiger partial charge in [-0.25, -0.2) is 0 Å². The van der Waals surface area contributed by atoms with Gasteiger partial charge in [0.1, 0.15) is 5.75 Å². The van der Waals surface area contributed by atoms with Crippen LogP contribution in [-0.2, 0) is 16.2 Å². The van der Waals surface area contributed by atoms with Crippen LogP contribution in [-0.4, -0.2) is 59.9 Å². The van der Waals surface area contributed by atoms with Crippen molar-refractivity contribution in [3.8, 4) is 5.75 Å². The maximum absolute atomic E-state index is 12.8. The number of β-amino-alcohol motifs (C(OH)–C–C–N with tert-alkyl or cyclic N) is 1. The minimum Gasteiger partial charge on any atom is -0.497 e. The predicted molar refractivity (Wildman–Crippen MR) is 84.7 cm³/mol. The van der Waals surface area contributed by atoms with E-state index in [2.05, 4.69) is 0 Å². The number of benzene rings is 1. The molecule has 23 heavy (non-hydrogen) atoms. The van der Waals surface area contributed by atoms with Crippen LogP contribution in [0.4, 0.5) is 0 Å². The molecule has 2 aliphatic heterocycles. The fourth-order valence-corrected chi connectivity index (χ4v) is 3.27. The smallest absolute Gasteiger partial charge is 0.256 e. The molecule has 0 aliphatic carbocycles. The summed E-state index contributed by atoms with van der Waals surface area (Å²) in [4.78, 5) is 19.9. The van der Waals surface area contributed by atoms with Crippen molar-refractivity contribution in [3.05, 3.63) is 29.8 Å². The van der Waals surface area contributed by atoms with Gasteiger partial charge in [0.05, 0.1) is 20.3 Å². The van der Waals surface area contributed by atoms with Gasteiger partial charge in [0.25, 0.3) is 5.91 Å². The van der Waals surface area contributed by atoms with Crippen LogP contribution >= 0.6 is 0 Å². The van der Waals surface area contributed by atoms with E-state index in [1.165, 1.54) is 0 Å². The Balaban J connectivity index is 1.68. The summed E-state index contributed by atoms with van der Waals surface area (Å²) in [6.07, 6.45) is 2.22. The number of rotatable bonds is 5. The lowest BCUT2D eigenvalue weighted by molar-refractivity contribution is -0.182. The summed E-state index contributed by atoms with van der Waals surface area (Å²) in [6.45, 7) is 2.84. The first kappa shape index (κ1) is 16.2. The van der Waals surface area contributed by atoms with E-state index in [0.29, 0.717) is 26.1 Å². The number of carbonyl (C=O) groups is 1. The van der Waals surface area contributed by atoms with Crippen molar-refractivity contribution in [3.63, 3.8) is 0 Å². The second-order valence-electron chi connectivity index (χ2n) is 6.26. The lowest BCUT2D eigenvalue weighted by atomic mass is 9.91. The lowest BCUT2D eigenvalue weighted by Crippen LogP contribution is -2.57. The third-order valence-corrected chi connectivity index (χ3v) is 4.47. The Hall–Kier alpha value is -1.63. The zero-order valence-corrected chi connectivity index (χ0v) is 13.5. The number of hydrogen-bond acceptors (Lipinski definition) is 5. The SMILES string of the molecule is COc1cccc(CN2CCC[C@](O)(CN3CCCO3)C2=O)c1. The molecule has 0 bridgehead atoms. The molecule has 1 aromatic rings. The zero-order chi connectivity index (χ0) is 16.3. The Bertz CT molecular complexity index is 559. The molecule has 6 heteroatoms. The standard InChI is InChI=1S/C17H24N2O4/c1-22-15-6-2-5-14(11-15)12-18-8-3-7-17(21,16(18)20)13-19-9-4-10-23-19/h2,5-6,11,21H,3-4,7-10,12-13H2,1H3/t17-/m0/s1. The Morgan fingerprint density at radius 3 is 2.96 bits per heavy atom. The van der Waals surface area contributed by atoms with Crippen molar-refractivity contribution >= 4 is 5.91 Å². The molecule has 2 fully saturated rings. The monoisotopic (exact) mass is 320 g/mol. The van der Waals surface area contributed by atoms with Crippen LogP contribution in [0.25, 0.3) is 0 Å². The molecule has 3 rings (SSSR count). The van der Waals surface area contributed by atoms with E-state index < -0.39 is 5.60 Å². The van der Waals surface area contributed by atoms with Crippen LogP contribution in [0.5, 0.6) is 5.75 Å². The van der Waals surface area contributed by atoms with Gasteiger partial charge in [-0.3, -0.25) is 9.63 Å². The number of hydroxylamine groups is 2. The quantitative estimate of drug-likeness (QED) is 0.883. The summed E-state index contributed by atoms with van der Waals surface area (Å²) in [5.41, 5.74) is -0.346. The Morgan fingerprint density at radius 2 is 2.22 bits per heavy atom. The van der Waals surface area contributed by atoms with Gasteiger partial charge in [-0.05, 0) is 37.0 Å². The first-order valence-corrected chi connectivity index (χ1v) is 8.13. The molecule has 1 amide bonds. The predicted octanol–water partition coefficient (Wildman–Crippen LogP) is 1.19. The molecule has 0 radical (unpaired) electrons. The first-order chi connectivity index (χ1) is 11.1. The highest BCUT2D eigenvalue weighted by Gasteiger charge is 2.44. The van der Waals surface area contributed by atoms with Gasteiger partial charge in [-0.1, -0.05) is 12.1 Å². The Labute approximate surface area is 136 Å². The van der Waals surface area contributed by atoms with Gasteiger partial charge >= 0.3 is 0 Å². The number of methoxy groups -OCH3 is 1. The van der Waals surface area contributed by atoms with Crippen molar-refractivity contribution in [2.75, 3.05) is 33.4 Å². The maximum atomic E-state index is 12.8. The number of hydrogen-bond donors (Lipinski definition) is 1. The molecule has 2 saturated heterocycles. The van der Waals surface area contributed by atoms with E-state index in [4.69, 9.17) is 9.57 Å². The van der Waals surface area contributed by atoms with Crippen molar-refractivity contribution in [2.45, 2.75) is 31.4 Å². The fourth-order valence-electron chi connectivity index (χ4n) is 3.27. The van der Waals surface area contributed by atoms with E-state index in [-0.39, 0.29) is 12.5 Å². The molecule has 126 valence electrons. The molecular weight excluding hydrogens is 296 g/mol. The van der Waals surface area contributed by atoms with Crippen LogP contribution < -0.4 is 4.74 Å². The van der Waals surface area contributed by atoms with Crippen molar-refractivity contribution in [1.82, 2.24) is 9.96 Å². The normalized spacial score (nSPS) is 25.8. The molecule has 2 heterocycles. The largest absolute Gasteiger partial charge is 0.497 e. The Kier molecular flexibility index (Phi) is 4.84. The van der Waals surface area contributed by atoms with E-state index in [9.17, 15) is 9.90 Å². The molecule has 6 nitrogen and oxygen atoms in total. The highest BCUT2D eigenvalue weighted by atomic mass is 16.7. The van der Waals surface area contributed by atoms with Gasteiger partial charge in [-0.15, -0.1) is 0 Å². The maximum Gasteiger partial charge on any atom is 0.256 e. The van der Waals surface area contributed by atoms with Crippen LogP contribution in [0.3, 0.4) is 0 Å². The lowest BCUT2D eigenvalue weighted by Gasteiger charge is -2.39. The molecule has 1 aromatic carbocycles. The first-order valence-electron chi connectivity index (χ1n) is 8.13. The number of likely N-dealkylation sites (tertiary alicyclic amines) is 1. The average Bonchev–Trinajstić information content (AvgIpc) is 3.05. The molecule has 1 N–H and O–H groups in total. The van der Waals surface area contributed by atoms with E-state index >= 15 is 0 Å². The topological polar surface area (TPSA) is 62.2 Å². The summed E-state index contributed by atoms with van der Waals surface area (Å²) in [5, 5.41) is 12.5. The molecular formula is C17H24N2O4. The summed E-state index contributed by atoms with van der Waals surface area (Å²) in [5.74, 6) is 0.565. The average molecular weight is 320 g/mol. The number of carbonyl (C=O) groups excluding carboxylic acids is 1. The number of nitrogens with zero attached hydrogens (tertiary/aromatic N) is 2. The summed E-state index contributed by atoms with van der Waals surface area (Å²) >= 11 is 0. The van der Waals surface area contributed by atoms with Crippen LogP contribution in [0, 0.1) is 0 Å². The second kappa shape index (κ2) is 6.86. The van der Waals surface area contributed by atoms with E-state index in [1.54, 1.807) is 17.1 Å². The van der Waals surface area contributed by atoms with Crippen LogP contribution in [0.2, 0.25) is 0 Å². The molecule has 0 aromatic heterocycles. The van der Waals surface area contributed by atoms with E-state index in [0.717, 1.165) is 30.7 Å². The Morgan fingerprint density at radius 1 is 1.35 bits per heavy atom. The number of ether oxygens (including phenoxy) is 1. The summed E-state index contributed by atoms with van der Waals surface area (Å²) in [7, 11) is 1.62. The van der Waals surface area contributed by atoms with Gasteiger partial charge in [0, 0.05) is 19.6 Å². The van der Waals surface area contributed by atoms with Crippen LogP contribution in [0.1, 0.15) is 24.8 Å². The molecule has 2 aliphatic rings. The molecule has 1 atom stereocenters. The number of piperidine rings is 1. The highest BCUT2D eigenvalue weighted by Crippen LogP contribution is 2.27.